The van der Waals surface area contributed by atoms with E-state index in [9.17, 15) is 18.0 Å². The van der Waals surface area contributed by atoms with Gasteiger partial charge in [-0.15, -0.1) is 0 Å². The number of hydrogen-bond acceptors (Lipinski definition) is 4. The summed E-state index contributed by atoms with van der Waals surface area (Å²) in [5.74, 6) is -0.518. The summed E-state index contributed by atoms with van der Waals surface area (Å²) in [5.41, 5.74) is 1.88. The molecule has 0 aliphatic carbocycles. The van der Waals surface area contributed by atoms with Gasteiger partial charge in [-0.25, -0.2) is 8.42 Å². The monoisotopic (exact) mass is 589 g/mol. The van der Waals surface area contributed by atoms with Gasteiger partial charge in [0.05, 0.1) is 11.9 Å². The van der Waals surface area contributed by atoms with Crippen LogP contribution in [-0.2, 0) is 26.2 Å². The molecule has 0 saturated heterocycles. The zero-order valence-electron chi connectivity index (χ0n) is 21.6. The van der Waals surface area contributed by atoms with Crippen molar-refractivity contribution in [3.05, 3.63) is 62.6 Å². The van der Waals surface area contributed by atoms with Crippen LogP contribution in [0.1, 0.15) is 50.7 Å². The van der Waals surface area contributed by atoms with E-state index in [1.54, 1.807) is 43.3 Å². The largest absolute Gasteiger partial charge is 0.354 e. The molecule has 7 nitrogen and oxygen atoms in total. The topological polar surface area (TPSA) is 86.8 Å². The van der Waals surface area contributed by atoms with Crippen LogP contribution in [0.5, 0.6) is 0 Å². The van der Waals surface area contributed by atoms with Crippen molar-refractivity contribution in [2.24, 2.45) is 0 Å². The molecule has 0 radical (unpaired) electrons. The summed E-state index contributed by atoms with van der Waals surface area (Å²) in [6.07, 6.45) is 2.58. The number of amides is 2. The molecule has 0 heterocycles. The summed E-state index contributed by atoms with van der Waals surface area (Å²) in [7, 11) is -3.62. The Morgan fingerprint density at radius 1 is 1.03 bits per heavy atom. The minimum atomic E-state index is -3.62. The SMILES string of the molecule is CCCNC(=O)[C@H](CC)N(Cc1ccc(Cl)cc1Cl)C(=O)CCCN(c1cc(Cl)ccc1C)S(C)(=O)=O. The maximum atomic E-state index is 13.5. The Balaban J connectivity index is 2.27. The predicted octanol–water partition coefficient (Wildman–Crippen LogP) is 5.84. The van der Waals surface area contributed by atoms with Gasteiger partial charge in [-0.1, -0.05) is 60.8 Å². The van der Waals surface area contributed by atoms with Crippen LogP contribution in [0, 0.1) is 6.92 Å². The molecule has 2 aromatic rings. The first-order valence-electron chi connectivity index (χ1n) is 12.1. The smallest absolute Gasteiger partial charge is 0.242 e. The summed E-state index contributed by atoms with van der Waals surface area (Å²) < 4.78 is 26.4. The Labute approximate surface area is 235 Å². The first-order chi connectivity index (χ1) is 17.4. The number of carbonyl (C=O) groups excluding carboxylic acids is 2. The van der Waals surface area contributed by atoms with Crippen LogP contribution in [0.15, 0.2) is 36.4 Å². The Hall–Kier alpha value is -2.00. The molecular weight excluding hydrogens is 557 g/mol. The lowest BCUT2D eigenvalue weighted by Crippen LogP contribution is -2.49. The molecule has 0 aliphatic heterocycles. The van der Waals surface area contributed by atoms with Crippen LogP contribution < -0.4 is 9.62 Å². The lowest BCUT2D eigenvalue weighted by Gasteiger charge is -2.31. The third kappa shape index (κ3) is 9.06. The highest BCUT2D eigenvalue weighted by Crippen LogP contribution is 2.27. The number of sulfonamides is 1. The molecule has 0 spiro atoms. The molecule has 2 rings (SSSR count). The quantitative estimate of drug-likeness (QED) is 0.318. The van der Waals surface area contributed by atoms with E-state index in [1.807, 2.05) is 13.8 Å². The van der Waals surface area contributed by atoms with E-state index in [-0.39, 0.29) is 37.7 Å². The Morgan fingerprint density at radius 2 is 1.68 bits per heavy atom. The number of rotatable bonds is 13. The van der Waals surface area contributed by atoms with Gasteiger partial charge in [0.15, 0.2) is 0 Å². The fourth-order valence-corrected chi connectivity index (χ4v) is 5.60. The molecule has 0 saturated carbocycles. The van der Waals surface area contributed by atoms with Crippen molar-refractivity contribution in [3.8, 4) is 0 Å². The van der Waals surface area contributed by atoms with E-state index >= 15 is 0 Å². The number of aryl methyl sites for hydroxylation is 1. The fourth-order valence-electron chi connectivity index (χ4n) is 3.95. The second-order valence-corrected chi connectivity index (χ2v) is 12.0. The van der Waals surface area contributed by atoms with Crippen molar-refractivity contribution in [1.29, 1.82) is 0 Å². The van der Waals surface area contributed by atoms with E-state index in [4.69, 9.17) is 34.8 Å². The van der Waals surface area contributed by atoms with Gasteiger partial charge in [0.2, 0.25) is 21.8 Å². The van der Waals surface area contributed by atoms with Crippen LogP contribution in [0.4, 0.5) is 5.69 Å². The zero-order valence-corrected chi connectivity index (χ0v) is 24.6. The first-order valence-corrected chi connectivity index (χ1v) is 15.1. The van der Waals surface area contributed by atoms with Crippen molar-refractivity contribution in [2.45, 2.75) is 59.0 Å². The van der Waals surface area contributed by atoms with Gasteiger partial charge in [-0.3, -0.25) is 13.9 Å². The standard InChI is InChI=1S/C26H34Cl3N3O4S/c1-5-13-30-26(34)23(6-2)31(17-19-10-12-20(27)15-22(19)29)25(33)8-7-14-32(37(4,35)36)24-16-21(28)11-9-18(24)3/h9-12,15-16,23H,5-8,13-14,17H2,1-4H3,(H,30,34)/t23-/m0/s1. The molecule has 204 valence electrons. The number of benzene rings is 2. The molecule has 0 bridgehead atoms. The van der Waals surface area contributed by atoms with Gasteiger partial charge in [-0.05, 0) is 61.6 Å². The summed E-state index contributed by atoms with van der Waals surface area (Å²) in [6.45, 7) is 6.30. The average Bonchev–Trinajstić information content (AvgIpc) is 2.82. The van der Waals surface area contributed by atoms with E-state index in [1.165, 1.54) is 9.21 Å². The van der Waals surface area contributed by atoms with E-state index < -0.39 is 16.1 Å². The average molecular weight is 591 g/mol. The molecule has 0 unspecified atom stereocenters. The summed E-state index contributed by atoms with van der Waals surface area (Å²) in [4.78, 5) is 27.9. The third-order valence-corrected chi connectivity index (χ3v) is 7.88. The number of nitrogens with zero attached hydrogens (tertiary/aromatic N) is 2. The van der Waals surface area contributed by atoms with Gasteiger partial charge in [0, 0.05) is 41.1 Å². The van der Waals surface area contributed by atoms with Crippen molar-refractivity contribution in [2.75, 3.05) is 23.7 Å². The fraction of sp³-hybridized carbons (Fsp3) is 0.462. The molecule has 37 heavy (non-hydrogen) atoms. The van der Waals surface area contributed by atoms with Crippen molar-refractivity contribution in [3.63, 3.8) is 0 Å². The number of carbonyl (C=O) groups is 2. The van der Waals surface area contributed by atoms with Crippen LogP contribution in [0.2, 0.25) is 15.1 Å². The predicted molar refractivity (Wildman–Crippen MR) is 152 cm³/mol. The van der Waals surface area contributed by atoms with Gasteiger partial charge >= 0.3 is 0 Å². The maximum Gasteiger partial charge on any atom is 0.242 e. The Bertz CT molecular complexity index is 1210. The van der Waals surface area contributed by atoms with Crippen molar-refractivity contribution in [1.82, 2.24) is 10.2 Å². The highest BCUT2D eigenvalue weighted by Gasteiger charge is 2.29. The van der Waals surface area contributed by atoms with Crippen LogP contribution >= 0.6 is 34.8 Å². The van der Waals surface area contributed by atoms with Crippen molar-refractivity contribution >= 4 is 62.3 Å². The molecule has 1 N–H and O–H groups in total. The van der Waals surface area contributed by atoms with Gasteiger partial charge in [0.1, 0.15) is 6.04 Å². The second kappa shape index (κ2) is 14.2. The van der Waals surface area contributed by atoms with E-state index in [0.29, 0.717) is 39.3 Å². The second-order valence-electron chi connectivity index (χ2n) is 8.84. The Morgan fingerprint density at radius 3 is 2.27 bits per heavy atom. The zero-order chi connectivity index (χ0) is 27.8. The van der Waals surface area contributed by atoms with Crippen molar-refractivity contribution < 1.29 is 18.0 Å². The maximum absolute atomic E-state index is 13.5. The molecule has 1 atom stereocenters. The van der Waals surface area contributed by atoms with Crippen LogP contribution in [0.25, 0.3) is 0 Å². The highest BCUT2D eigenvalue weighted by molar-refractivity contribution is 7.92. The first kappa shape index (κ1) is 31.2. The van der Waals surface area contributed by atoms with Crippen LogP contribution in [-0.4, -0.2) is 50.5 Å². The third-order valence-electron chi connectivity index (χ3n) is 5.88. The molecule has 2 aromatic carbocycles. The summed E-state index contributed by atoms with van der Waals surface area (Å²) in [6, 6.07) is 9.34. The van der Waals surface area contributed by atoms with Gasteiger partial charge in [0.25, 0.3) is 0 Å². The molecular formula is C26H34Cl3N3O4S. The number of hydrogen-bond donors (Lipinski definition) is 1. The van der Waals surface area contributed by atoms with E-state index in [0.717, 1.165) is 18.2 Å². The van der Waals surface area contributed by atoms with Gasteiger partial charge in [-0.2, -0.15) is 0 Å². The molecule has 11 heteroatoms. The molecule has 0 aromatic heterocycles. The van der Waals surface area contributed by atoms with Crippen LogP contribution in [0.3, 0.4) is 0 Å². The summed E-state index contributed by atoms with van der Waals surface area (Å²) >= 11 is 18.5. The number of halogens is 3. The lowest BCUT2D eigenvalue weighted by atomic mass is 10.1. The number of nitrogens with one attached hydrogen (secondary N) is 1. The Kier molecular flexibility index (Phi) is 12.0. The molecule has 0 aliphatic rings. The normalized spacial score (nSPS) is 12.2. The summed E-state index contributed by atoms with van der Waals surface area (Å²) in [5, 5.41) is 4.15. The highest BCUT2D eigenvalue weighted by atomic mass is 35.5. The lowest BCUT2D eigenvalue weighted by molar-refractivity contribution is -0.141. The molecule has 0 fully saturated rings. The number of anilines is 1. The molecule has 2 amide bonds. The van der Waals surface area contributed by atoms with Gasteiger partial charge < -0.3 is 10.2 Å². The minimum Gasteiger partial charge on any atom is -0.354 e. The minimum absolute atomic E-state index is 0.0361. The van der Waals surface area contributed by atoms with E-state index in [2.05, 4.69) is 5.32 Å².